The highest BCUT2D eigenvalue weighted by atomic mass is 16.5. The molecule has 0 N–H and O–H groups in total. The Morgan fingerprint density at radius 1 is 0.532 bits per heavy atom. The van der Waals surface area contributed by atoms with E-state index in [1.807, 2.05) is 98.8 Å². The average Bonchev–Trinajstić information content (AvgIpc) is 3.13. The number of rotatable bonds is 18. The van der Waals surface area contributed by atoms with Crippen LogP contribution in [0.4, 0.5) is 0 Å². The molecule has 0 saturated carbocycles. The van der Waals surface area contributed by atoms with Crippen LogP contribution >= 0.6 is 0 Å². The smallest absolute Gasteiger partial charge is 0.119 e. The van der Waals surface area contributed by atoms with Crippen LogP contribution in [0.5, 0.6) is 11.5 Å². The predicted octanol–water partition coefficient (Wildman–Crippen LogP) is 10.8. The summed E-state index contributed by atoms with van der Waals surface area (Å²) < 4.78 is 19.3. The molecular weight excluding hydrogens is 580 g/mol. The molecule has 0 fully saturated rings. The third kappa shape index (κ3) is 10.2. The lowest BCUT2D eigenvalue weighted by Crippen LogP contribution is -2.23. The Kier molecular flexibility index (Phi) is 13.0. The highest BCUT2D eigenvalue weighted by Crippen LogP contribution is 2.37. The van der Waals surface area contributed by atoms with Crippen LogP contribution in [0, 0.1) is 33.5 Å². The van der Waals surface area contributed by atoms with Crippen LogP contribution in [0.1, 0.15) is 101 Å². The second kappa shape index (κ2) is 17.4. The molecule has 0 aliphatic rings. The molecule has 0 amide bonds. The lowest BCUT2D eigenvalue weighted by atomic mass is 9.87. The molecule has 5 heteroatoms. The summed E-state index contributed by atoms with van der Waals surface area (Å²) in [6, 6.07) is 41.4. The van der Waals surface area contributed by atoms with E-state index in [9.17, 15) is 10.5 Å². The van der Waals surface area contributed by atoms with Gasteiger partial charge in [-0.2, -0.15) is 10.5 Å². The first-order valence-corrected chi connectivity index (χ1v) is 16.9. The van der Waals surface area contributed by atoms with Gasteiger partial charge in [-0.3, -0.25) is 0 Å². The predicted molar refractivity (Wildman–Crippen MR) is 188 cm³/mol. The normalized spacial score (nSPS) is 14.9. The Bertz CT molecular complexity index is 1450. The van der Waals surface area contributed by atoms with Gasteiger partial charge in [0.15, 0.2) is 0 Å². The van der Waals surface area contributed by atoms with E-state index in [0.717, 1.165) is 72.3 Å². The van der Waals surface area contributed by atoms with Gasteiger partial charge in [-0.05, 0) is 73.2 Å². The van der Waals surface area contributed by atoms with Gasteiger partial charge in [0.05, 0.1) is 23.0 Å². The summed E-state index contributed by atoms with van der Waals surface area (Å²) >= 11 is 0. The second-order valence-corrected chi connectivity index (χ2v) is 13.0. The fourth-order valence-corrected chi connectivity index (χ4v) is 5.51. The summed E-state index contributed by atoms with van der Waals surface area (Å²) in [5.41, 5.74) is 3.06. The van der Waals surface area contributed by atoms with Gasteiger partial charge in [0, 0.05) is 0 Å². The Morgan fingerprint density at radius 2 is 0.872 bits per heavy atom. The summed E-state index contributed by atoms with van der Waals surface area (Å²) in [6.07, 6.45) is 5.03. The minimum absolute atomic E-state index is 0.352. The lowest BCUT2D eigenvalue weighted by Gasteiger charge is -2.27. The van der Waals surface area contributed by atoms with Crippen molar-refractivity contribution in [1.82, 2.24) is 0 Å². The van der Waals surface area contributed by atoms with Crippen LogP contribution in [-0.2, 0) is 4.74 Å². The molecule has 0 spiro atoms. The Hall–Kier alpha value is -4.58. The third-order valence-electron chi connectivity index (χ3n) is 8.66. The van der Waals surface area contributed by atoms with Crippen molar-refractivity contribution in [2.75, 3.05) is 13.2 Å². The van der Waals surface area contributed by atoms with Crippen molar-refractivity contribution < 1.29 is 14.2 Å². The van der Waals surface area contributed by atoms with E-state index in [-0.39, 0.29) is 12.2 Å². The van der Waals surface area contributed by atoms with Gasteiger partial charge in [0.2, 0.25) is 0 Å². The molecule has 4 unspecified atom stereocenters. The largest absolute Gasteiger partial charge is 0.492 e. The van der Waals surface area contributed by atoms with Gasteiger partial charge in [0.25, 0.3) is 0 Å². The molecule has 0 saturated heterocycles. The van der Waals surface area contributed by atoms with Crippen molar-refractivity contribution in [3.05, 3.63) is 131 Å². The minimum Gasteiger partial charge on any atom is -0.492 e. The van der Waals surface area contributed by atoms with Crippen molar-refractivity contribution in [1.29, 1.82) is 10.5 Å². The van der Waals surface area contributed by atoms with Crippen LogP contribution in [0.15, 0.2) is 109 Å². The number of nitrogens with zero attached hydrogens (tertiary/aromatic N) is 2. The van der Waals surface area contributed by atoms with Crippen LogP contribution in [0.25, 0.3) is 0 Å². The van der Waals surface area contributed by atoms with Crippen molar-refractivity contribution in [3.8, 4) is 23.6 Å². The van der Waals surface area contributed by atoms with Crippen molar-refractivity contribution in [2.45, 2.75) is 78.4 Å². The molecule has 0 radical (unpaired) electrons. The molecule has 0 aromatic heterocycles. The van der Waals surface area contributed by atoms with Gasteiger partial charge >= 0.3 is 0 Å². The molecule has 4 atom stereocenters. The van der Waals surface area contributed by atoms with Gasteiger partial charge in [-0.15, -0.1) is 0 Å². The monoisotopic (exact) mass is 628 g/mol. The molecule has 244 valence electrons. The highest BCUT2D eigenvalue weighted by Gasteiger charge is 2.27. The van der Waals surface area contributed by atoms with Gasteiger partial charge in [-0.1, -0.05) is 124 Å². The molecule has 5 nitrogen and oxygen atoms in total. The topological polar surface area (TPSA) is 75.3 Å². The Morgan fingerprint density at radius 3 is 1.19 bits per heavy atom. The van der Waals surface area contributed by atoms with E-state index >= 15 is 0 Å². The maximum atomic E-state index is 9.75. The van der Waals surface area contributed by atoms with Crippen molar-refractivity contribution >= 4 is 0 Å². The third-order valence-corrected chi connectivity index (χ3v) is 8.66. The van der Waals surface area contributed by atoms with Crippen LogP contribution in [-0.4, -0.2) is 13.2 Å². The molecule has 4 rings (SSSR count). The zero-order valence-corrected chi connectivity index (χ0v) is 28.3. The van der Waals surface area contributed by atoms with E-state index in [1.165, 1.54) is 0 Å². The standard InChI is InChI=1S/C42H48N2O3/c1-5-7-27-41(3,29-43)31-45-37-23-19-35(20-24-37)39(33-15-11-9-12-16-33)47-40(34-17-13-10-14-18-34)36-21-25-38(26-22-36)46-32-42(4,30-44)28-8-6-2/h9-26,39-40H,5-8,27-28,31-32H2,1-4H3. The van der Waals surface area contributed by atoms with Crippen LogP contribution in [0.3, 0.4) is 0 Å². The maximum Gasteiger partial charge on any atom is 0.119 e. The summed E-state index contributed by atoms with van der Waals surface area (Å²) in [5, 5.41) is 19.5. The highest BCUT2D eigenvalue weighted by molar-refractivity contribution is 5.38. The number of hydrogen-bond donors (Lipinski definition) is 0. The second-order valence-electron chi connectivity index (χ2n) is 13.0. The molecule has 0 aliphatic heterocycles. The first-order valence-electron chi connectivity index (χ1n) is 16.9. The molecule has 4 aromatic carbocycles. The van der Waals surface area contributed by atoms with E-state index in [1.54, 1.807) is 0 Å². The maximum absolute atomic E-state index is 9.75. The zero-order chi connectivity index (χ0) is 33.5. The summed E-state index contributed by atoms with van der Waals surface area (Å²) in [7, 11) is 0. The van der Waals surface area contributed by atoms with Gasteiger partial charge < -0.3 is 14.2 Å². The molecule has 0 aliphatic carbocycles. The number of hydrogen-bond acceptors (Lipinski definition) is 5. The Balaban J connectivity index is 1.58. The Labute approximate surface area is 281 Å². The SMILES string of the molecule is CCCCC(C)(C#N)COc1ccc(C(OC(c2ccccc2)c2ccc(OCC(C)(C#N)CCCC)cc2)c2ccccc2)cc1. The zero-order valence-electron chi connectivity index (χ0n) is 28.3. The van der Waals surface area contributed by atoms with Crippen LogP contribution in [0.2, 0.25) is 0 Å². The van der Waals surface area contributed by atoms with E-state index in [0.29, 0.717) is 13.2 Å². The van der Waals surface area contributed by atoms with Crippen LogP contribution < -0.4 is 9.47 Å². The first kappa shape index (κ1) is 35.3. The molecule has 4 aromatic rings. The first-order chi connectivity index (χ1) is 22.8. The number of ether oxygens (including phenoxy) is 3. The number of nitriles is 2. The molecule has 0 bridgehead atoms. The number of benzene rings is 4. The van der Waals surface area contributed by atoms with E-state index in [4.69, 9.17) is 14.2 Å². The van der Waals surface area contributed by atoms with Gasteiger partial charge in [-0.25, -0.2) is 0 Å². The molecule has 47 heavy (non-hydrogen) atoms. The quantitative estimate of drug-likeness (QED) is 0.110. The summed E-state index contributed by atoms with van der Waals surface area (Å²) in [5.74, 6) is 1.46. The van der Waals surface area contributed by atoms with Gasteiger partial charge in [0.1, 0.15) is 36.9 Å². The number of unbranched alkanes of at least 4 members (excludes halogenated alkanes) is 2. The summed E-state index contributed by atoms with van der Waals surface area (Å²) in [6.45, 7) is 8.91. The molecule has 0 heterocycles. The van der Waals surface area contributed by atoms with Crippen molar-refractivity contribution in [3.63, 3.8) is 0 Å². The summed E-state index contributed by atoms with van der Waals surface area (Å²) in [4.78, 5) is 0. The average molecular weight is 629 g/mol. The fraction of sp³-hybridized carbons (Fsp3) is 0.381. The molecular formula is C42H48N2O3. The van der Waals surface area contributed by atoms with Crippen molar-refractivity contribution in [2.24, 2.45) is 10.8 Å². The van der Waals surface area contributed by atoms with E-state index in [2.05, 4.69) is 50.3 Å². The van der Waals surface area contributed by atoms with E-state index < -0.39 is 10.8 Å². The fourth-order valence-electron chi connectivity index (χ4n) is 5.51. The lowest BCUT2D eigenvalue weighted by molar-refractivity contribution is 0.0308. The minimum atomic E-state index is -0.516.